The number of methoxy groups -OCH3 is 1. The summed E-state index contributed by atoms with van der Waals surface area (Å²) in [5, 5.41) is 2.57. The van der Waals surface area contributed by atoms with E-state index >= 15 is 0 Å². The van der Waals surface area contributed by atoms with Crippen molar-refractivity contribution in [2.75, 3.05) is 12.4 Å². The second kappa shape index (κ2) is 6.26. The zero-order valence-electron chi connectivity index (χ0n) is 12.1. The van der Waals surface area contributed by atoms with Crippen molar-refractivity contribution in [2.24, 2.45) is 5.73 Å². The molecular formula is C16H15FN2O3. The predicted octanol–water partition coefficient (Wildman–Crippen LogP) is 2.49. The topological polar surface area (TPSA) is 81.4 Å². The minimum atomic E-state index is -0.644. The average molecular weight is 302 g/mol. The van der Waals surface area contributed by atoms with Gasteiger partial charge in [0.2, 0.25) is 0 Å². The third-order valence-corrected chi connectivity index (χ3v) is 3.18. The van der Waals surface area contributed by atoms with Crippen LogP contribution >= 0.6 is 0 Å². The molecule has 2 aromatic rings. The van der Waals surface area contributed by atoms with Gasteiger partial charge in [0, 0.05) is 5.56 Å². The lowest BCUT2D eigenvalue weighted by Gasteiger charge is -2.11. The van der Waals surface area contributed by atoms with Gasteiger partial charge >= 0.3 is 0 Å². The third kappa shape index (κ3) is 3.06. The second-order valence-corrected chi connectivity index (χ2v) is 4.67. The molecule has 0 aromatic heterocycles. The molecule has 0 aliphatic carbocycles. The molecule has 5 nitrogen and oxygen atoms in total. The zero-order chi connectivity index (χ0) is 16.3. The molecule has 0 unspecified atom stereocenters. The van der Waals surface area contributed by atoms with Crippen LogP contribution in [0.4, 0.5) is 10.1 Å². The first kappa shape index (κ1) is 15.5. The van der Waals surface area contributed by atoms with Gasteiger partial charge in [-0.3, -0.25) is 9.59 Å². The number of hydrogen-bond donors (Lipinski definition) is 2. The summed E-state index contributed by atoms with van der Waals surface area (Å²) in [4.78, 5) is 23.7. The molecule has 2 amide bonds. The van der Waals surface area contributed by atoms with Gasteiger partial charge in [-0.15, -0.1) is 0 Å². The second-order valence-electron chi connectivity index (χ2n) is 4.67. The molecule has 6 heteroatoms. The Balaban J connectivity index is 2.32. The Hall–Kier alpha value is -2.89. The van der Waals surface area contributed by atoms with E-state index in [2.05, 4.69) is 5.32 Å². The van der Waals surface area contributed by atoms with Crippen molar-refractivity contribution in [1.29, 1.82) is 0 Å². The highest BCUT2D eigenvalue weighted by molar-refractivity contribution is 6.09. The van der Waals surface area contributed by atoms with Gasteiger partial charge < -0.3 is 15.8 Å². The summed E-state index contributed by atoms with van der Waals surface area (Å²) in [5.41, 5.74) is 6.59. The van der Waals surface area contributed by atoms with Crippen LogP contribution in [0, 0.1) is 12.7 Å². The van der Waals surface area contributed by atoms with Gasteiger partial charge in [0.15, 0.2) is 11.6 Å². The molecule has 0 aliphatic heterocycles. The quantitative estimate of drug-likeness (QED) is 0.910. The van der Waals surface area contributed by atoms with Crippen LogP contribution in [0.2, 0.25) is 0 Å². The van der Waals surface area contributed by atoms with E-state index in [1.165, 1.54) is 19.2 Å². The Morgan fingerprint density at radius 2 is 1.95 bits per heavy atom. The number of anilines is 1. The fourth-order valence-corrected chi connectivity index (χ4v) is 2.10. The number of primary amides is 1. The average Bonchev–Trinajstić information content (AvgIpc) is 2.46. The van der Waals surface area contributed by atoms with Crippen molar-refractivity contribution in [3.63, 3.8) is 0 Å². The molecule has 0 saturated carbocycles. The number of aryl methyl sites for hydroxylation is 1. The summed E-state index contributed by atoms with van der Waals surface area (Å²) in [6.07, 6.45) is 0. The molecular weight excluding hydrogens is 287 g/mol. The number of nitrogens with one attached hydrogen (secondary N) is 1. The maximum atomic E-state index is 13.6. The summed E-state index contributed by atoms with van der Waals surface area (Å²) >= 11 is 0. The molecule has 2 aromatic carbocycles. The molecule has 0 radical (unpaired) electrons. The maximum Gasteiger partial charge on any atom is 0.255 e. The first-order valence-corrected chi connectivity index (χ1v) is 6.48. The van der Waals surface area contributed by atoms with Crippen LogP contribution in [0.1, 0.15) is 26.3 Å². The zero-order valence-corrected chi connectivity index (χ0v) is 12.1. The number of nitrogens with two attached hydrogens (primary N) is 1. The molecule has 0 aliphatic rings. The lowest BCUT2D eigenvalue weighted by molar-refractivity contribution is 0.100. The summed E-state index contributed by atoms with van der Waals surface area (Å²) in [5.74, 6) is -1.79. The van der Waals surface area contributed by atoms with Crippen molar-refractivity contribution < 1.29 is 18.7 Å². The summed E-state index contributed by atoms with van der Waals surface area (Å²) < 4.78 is 18.4. The smallest absolute Gasteiger partial charge is 0.255 e. The SMILES string of the molecule is COc1ccc(C(=O)Nc2cccc(C)c2C(N)=O)cc1F. The first-order chi connectivity index (χ1) is 10.4. The molecule has 0 atom stereocenters. The molecule has 3 N–H and O–H groups in total. The highest BCUT2D eigenvalue weighted by Crippen LogP contribution is 2.22. The lowest BCUT2D eigenvalue weighted by atomic mass is 10.1. The Morgan fingerprint density at radius 3 is 2.55 bits per heavy atom. The number of rotatable bonds is 4. The molecule has 0 heterocycles. The maximum absolute atomic E-state index is 13.6. The highest BCUT2D eigenvalue weighted by atomic mass is 19.1. The van der Waals surface area contributed by atoms with Crippen LogP contribution in [-0.2, 0) is 0 Å². The van der Waals surface area contributed by atoms with Crippen LogP contribution in [0.15, 0.2) is 36.4 Å². The van der Waals surface area contributed by atoms with E-state index in [0.717, 1.165) is 6.07 Å². The van der Waals surface area contributed by atoms with Crippen molar-refractivity contribution in [2.45, 2.75) is 6.92 Å². The fraction of sp³-hybridized carbons (Fsp3) is 0.125. The largest absolute Gasteiger partial charge is 0.494 e. The van der Waals surface area contributed by atoms with Crippen LogP contribution < -0.4 is 15.8 Å². The van der Waals surface area contributed by atoms with Gasteiger partial charge in [-0.2, -0.15) is 0 Å². The molecule has 2 rings (SSSR count). The minimum absolute atomic E-state index is 0.0462. The van der Waals surface area contributed by atoms with Crippen molar-refractivity contribution in [3.8, 4) is 5.75 Å². The van der Waals surface area contributed by atoms with E-state index in [0.29, 0.717) is 5.56 Å². The number of hydrogen-bond acceptors (Lipinski definition) is 3. The number of amides is 2. The van der Waals surface area contributed by atoms with Gasteiger partial charge in [0.1, 0.15) is 0 Å². The summed E-state index contributed by atoms with van der Waals surface area (Å²) in [7, 11) is 1.34. The van der Waals surface area contributed by atoms with Gasteiger partial charge in [-0.05, 0) is 36.8 Å². The van der Waals surface area contributed by atoms with E-state index in [1.54, 1.807) is 25.1 Å². The molecule has 0 fully saturated rings. The van der Waals surface area contributed by atoms with E-state index in [9.17, 15) is 14.0 Å². The normalized spacial score (nSPS) is 10.1. The summed E-state index contributed by atoms with van der Waals surface area (Å²) in [6.45, 7) is 1.71. The number of carbonyl (C=O) groups is 2. The van der Waals surface area contributed by atoms with E-state index in [-0.39, 0.29) is 22.6 Å². The van der Waals surface area contributed by atoms with Gasteiger partial charge in [-0.1, -0.05) is 12.1 Å². The monoisotopic (exact) mass is 302 g/mol. The van der Waals surface area contributed by atoms with Gasteiger partial charge in [0.05, 0.1) is 18.4 Å². The van der Waals surface area contributed by atoms with E-state index < -0.39 is 17.6 Å². The van der Waals surface area contributed by atoms with Crippen molar-refractivity contribution in [3.05, 3.63) is 58.9 Å². The van der Waals surface area contributed by atoms with Crippen LogP contribution in [0.3, 0.4) is 0 Å². The fourth-order valence-electron chi connectivity index (χ4n) is 2.10. The van der Waals surface area contributed by atoms with Gasteiger partial charge in [0.25, 0.3) is 11.8 Å². The third-order valence-electron chi connectivity index (χ3n) is 3.18. The Morgan fingerprint density at radius 1 is 1.23 bits per heavy atom. The molecule has 0 spiro atoms. The first-order valence-electron chi connectivity index (χ1n) is 6.48. The number of carbonyl (C=O) groups excluding carboxylic acids is 2. The highest BCUT2D eigenvalue weighted by Gasteiger charge is 2.15. The predicted molar refractivity (Wildman–Crippen MR) is 80.6 cm³/mol. The van der Waals surface area contributed by atoms with Crippen LogP contribution in [-0.4, -0.2) is 18.9 Å². The number of halogens is 1. The Kier molecular flexibility index (Phi) is 4.41. The van der Waals surface area contributed by atoms with Crippen molar-refractivity contribution in [1.82, 2.24) is 0 Å². The molecule has 0 saturated heterocycles. The van der Waals surface area contributed by atoms with E-state index in [4.69, 9.17) is 10.5 Å². The Labute approximate surface area is 126 Å². The van der Waals surface area contributed by atoms with Gasteiger partial charge in [-0.25, -0.2) is 4.39 Å². The van der Waals surface area contributed by atoms with E-state index in [1.807, 2.05) is 0 Å². The molecule has 0 bridgehead atoms. The van der Waals surface area contributed by atoms with Crippen molar-refractivity contribution >= 4 is 17.5 Å². The minimum Gasteiger partial charge on any atom is -0.494 e. The lowest BCUT2D eigenvalue weighted by Crippen LogP contribution is -2.19. The standard InChI is InChI=1S/C16H15FN2O3/c1-9-4-3-5-12(14(9)15(18)20)19-16(21)10-6-7-13(22-2)11(17)8-10/h3-8H,1-2H3,(H2,18,20)(H,19,21). The molecule has 22 heavy (non-hydrogen) atoms. The molecule has 114 valence electrons. The Bertz CT molecular complexity index is 744. The number of ether oxygens (including phenoxy) is 1. The van der Waals surface area contributed by atoms with Crippen LogP contribution in [0.5, 0.6) is 5.75 Å². The summed E-state index contributed by atoms with van der Waals surface area (Å²) in [6, 6.07) is 8.81. The number of benzene rings is 2. The van der Waals surface area contributed by atoms with Crippen LogP contribution in [0.25, 0.3) is 0 Å².